The average Bonchev–Trinajstić information content (AvgIpc) is 3.69. The summed E-state index contributed by atoms with van der Waals surface area (Å²) in [4.78, 5) is 54.6. The molecule has 4 aromatic rings. The lowest BCUT2D eigenvalue weighted by atomic mass is 10.1. The number of aliphatic hydroxyl groups excluding tert-OH is 4. The van der Waals surface area contributed by atoms with E-state index in [1.54, 1.807) is 0 Å². The number of anilines is 2. The molecule has 22 nitrogen and oxygen atoms in total. The molecular formula is C20H25N10O12P. The molecular weight excluding hydrogens is 603 g/mol. The Hall–Kier alpha value is -3.83. The summed E-state index contributed by atoms with van der Waals surface area (Å²) in [6.45, 7) is -1.49. The fraction of sp³-hybridized carbons (Fsp3) is 0.500. The van der Waals surface area contributed by atoms with Gasteiger partial charge in [-0.25, -0.2) is 14.5 Å². The van der Waals surface area contributed by atoms with E-state index < -0.39 is 81.2 Å². The SMILES string of the molecule is Nc1nc2c(ncn2[C@@H]2O[C@H](COP(=O)(O)OC[C@H]3O[C@@H](n4cnc5c(=O)[nH]c(N)nc54)[C@H](O)[C@@H]3O)[C@@H](O)[C@H]2O)c(=O)[nH]1. The van der Waals surface area contributed by atoms with Crippen molar-refractivity contribution in [2.75, 3.05) is 24.7 Å². The van der Waals surface area contributed by atoms with Crippen molar-refractivity contribution in [3.05, 3.63) is 33.4 Å². The lowest BCUT2D eigenvalue weighted by molar-refractivity contribution is -0.0608. The average molecular weight is 628 g/mol. The molecule has 0 amide bonds. The number of nitrogens with two attached hydrogens (primary N) is 2. The second-order valence-electron chi connectivity index (χ2n) is 9.70. The fourth-order valence-corrected chi connectivity index (χ4v) is 5.57. The van der Waals surface area contributed by atoms with Crippen molar-refractivity contribution >= 4 is 42.0 Å². The number of H-pyrrole nitrogens is 2. The molecule has 232 valence electrons. The molecule has 0 radical (unpaired) electrons. The van der Waals surface area contributed by atoms with E-state index in [4.69, 9.17) is 30.0 Å². The number of ether oxygens (including phenoxy) is 2. The molecule has 6 heterocycles. The number of hydrogen-bond donors (Lipinski definition) is 9. The monoisotopic (exact) mass is 628 g/mol. The number of nitrogens with one attached hydrogen (secondary N) is 2. The normalized spacial score (nSPS) is 30.8. The van der Waals surface area contributed by atoms with Gasteiger partial charge >= 0.3 is 7.82 Å². The first-order chi connectivity index (χ1) is 20.3. The highest BCUT2D eigenvalue weighted by molar-refractivity contribution is 7.47. The molecule has 23 heteroatoms. The lowest BCUT2D eigenvalue weighted by Gasteiger charge is -2.20. The second kappa shape index (κ2) is 10.7. The van der Waals surface area contributed by atoms with Crippen LogP contribution in [0.1, 0.15) is 12.5 Å². The largest absolute Gasteiger partial charge is 0.472 e. The first-order valence-electron chi connectivity index (χ1n) is 12.4. The minimum Gasteiger partial charge on any atom is -0.387 e. The molecule has 6 rings (SSSR count). The van der Waals surface area contributed by atoms with Gasteiger partial charge in [0, 0.05) is 0 Å². The lowest BCUT2D eigenvalue weighted by Crippen LogP contribution is -2.34. The van der Waals surface area contributed by atoms with Crippen LogP contribution in [0.15, 0.2) is 22.2 Å². The molecule has 2 aliphatic rings. The van der Waals surface area contributed by atoms with Gasteiger partial charge < -0.3 is 46.3 Å². The predicted octanol–water partition coefficient (Wildman–Crippen LogP) is -4.21. The summed E-state index contributed by atoms with van der Waals surface area (Å²) >= 11 is 0. The van der Waals surface area contributed by atoms with Crippen LogP contribution < -0.4 is 22.6 Å². The second-order valence-corrected chi connectivity index (χ2v) is 11.2. The molecule has 11 N–H and O–H groups in total. The van der Waals surface area contributed by atoms with E-state index >= 15 is 0 Å². The van der Waals surface area contributed by atoms with Crippen LogP contribution in [0.4, 0.5) is 11.9 Å². The van der Waals surface area contributed by atoms with Crippen LogP contribution in [0.2, 0.25) is 0 Å². The summed E-state index contributed by atoms with van der Waals surface area (Å²) in [5.74, 6) is -0.452. The maximum atomic E-state index is 12.6. The highest BCUT2D eigenvalue weighted by atomic mass is 31.2. The number of nitrogens with zero attached hydrogens (tertiary/aromatic N) is 6. The Morgan fingerprint density at radius 1 is 0.791 bits per heavy atom. The topological polar surface area (TPSA) is 334 Å². The highest BCUT2D eigenvalue weighted by Crippen LogP contribution is 2.45. The van der Waals surface area contributed by atoms with Gasteiger partial charge in [0.05, 0.1) is 25.9 Å². The van der Waals surface area contributed by atoms with Crippen molar-refractivity contribution in [2.24, 2.45) is 0 Å². The Morgan fingerprint density at radius 3 is 1.58 bits per heavy atom. The summed E-state index contributed by atoms with van der Waals surface area (Å²) in [7, 11) is -4.89. The van der Waals surface area contributed by atoms with Gasteiger partial charge in [0.1, 0.15) is 36.6 Å². The Balaban J connectivity index is 1.09. The Morgan fingerprint density at radius 2 is 1.19 bits per heavy atom. The number of rotatable bonds is 8. The van der Waals surface area contributed by atoms with Crippen LogP contribution in [0.3, 0.4) is 0 Å². The maximum Gasteiger partial charge on any atom is 0.472 e. The van der Waals surface area contributed by atoms with Crippen molar-refractivity contribution in [2.45, 2.75) is 49.1 Å². The van der Waals surface area contributed by atoms with E-state index in [0.29, 0.717) is 0 Å². The molecule has 4 aromatic heterocycles. The molecule has 0 aromatic carbocycles. The highest BCUT2D eigenvalue weighted by Gasteiger charge is 2.47. The van der Waals surface area contributed by atoms with E-state index in [2.05, 4.69) is 29.9 Å². The molecule has 0 aliphatic carbocycles. The zero-order valence-corrected chi connectivity index (χ0v) is 22.5. The summed E-state index contributed by atoms with van der Waals surface area (Å²) in [5.41, 5.74) is 9.58. The number of fused-ring (bicyclic) bond motifs is 2. The third-order valence-electron chi connectivity index (χ3n) is 6.93. The van der Waals surface area contributed by atoms with Crippen molar-refractivity contribution < 1.29 is 48.4 Å². The number of nitrogen functional groups attached to an aromatic ring is 2. The molecule has 2 aliphatic heterocycles. The van der Waals surface area contributed by atoms with Gasteiger partial charge in [0.15, 0.2) is 34.8 Å². The van der Waals surface area contributed by atoms with E-state index in [1.165, 1.54) is 0 Å². The van der Waals surface area contributed by atoms with Crippen molar-refractivity contribution in [1.82, 2.24) is 39.0 Å². The van der Waals surface area contributed by atoms with Crippen LogP contribution in [-0.4, -0.2) is 114 Å². The molecule has 2 saturated heterocycles. The first kappa shape index (κ1) is 29.3. The maximum absolute atomic E-state index is 12.6. The minimum atomic E-state index is -4.89. The molecule has 8 atom stereocenters. The van der Waals surface area contributed by atoms with E-state index in [-0.39, 0.29) is 34.2 Å². The number of imidazole rings is 2. The molecule has 0 unspecified atom stereocenters. The Labute approximate surface area is 237 Å². The quantitative estimate of drug-likeness (QED) is 0.0835. The number of hydrogen-bond acceptors (Lipinski definition) is 17. The summed E-state index contributed by atoms with van der Waals surface area (Å²) in [6.07, 6.45) is -9.46. The fourth-order valence-electron chi connectivity index (χ4n) is 4.82. The number of aromatic nitrogens is 8. The third kappa shape index (κ3) is 5.18. The molecule has 0 spiro atoms. The van der Waals surface area contributed by atoms with Gasteiger partial charge in [-0.15, -0.1) is 0 Å². The van der Waals surface area contributed by atoms with Crippen LogP contribution in [0.5, 0.6) is 0 Å². The van der Waals surface area contributed by atoms with E-state index in [0.717, 1.165) is 21.8 Å². The number of phosphoric ester groups is 1. The van der Waals surface area contributed by atoms with Gasteiger partial charge in [-0.3, -0.25) is 37.7 Å². The zero-order valence-electron chi connectivity index (χ0n) is 21.6. The van der Waals surface area contributed by atoms with Crippen LogP contribution in [-0.2, 0) is 23.1 Å². The molecule has 43 heavy (non-hydrogen) atoms. The van der Waals surface area contributed by atoms with Crippen LogP contribution >= 0.6 is 7.82 Å². The zero-order chi connectivity index (χ0) is 30.8. The number of aromatic amines is 2. The van der Waals surface area contributed by atoms with Gasteiger partial charge in [-0.2, -0.15) is 9.97 Å². The Kier molecular flexibility index (Phi) is 7.29. The smallest absolute Gasteiger partial charge is 0.387 e. The van der Waals surface area contributed by atoms with E-state index in [1.807, 2.05) is 0 Å². The van der Waals surface area contributed by atoms with Crippen molar-refractivity contribution in [1.29, 1.82) is 0 Å². The molecule has 0 bridgehead atoms. The predicted molar refractivity (Wildman–Crippen MR) is 139 cm³/mol. The summed E-state index contributed by atoms with van der Waals surface area (Å²) in [6, 6.07) is 0. The van der Waals surface area contributed by atoms with Gasteiger partial charge in [-0.1, -0.05) is 0 Å². The minimum absolute atomic E-state index is 0.0411. The van der Waals surface area contributed by atoms with Crippen molar-refractivity contribution in [3.8, 4) is 0 Å². The summed E-state index contributed by atoms with van der Waals surface area (Å²) < 4.78 is 36.0. The molecule has 2 fully saturated rings. The first-order valence-corrected chi connectivity index (χ1v) is 13.9. The van der Waals surface area contributed by atoms with Gasteiger partial charge in [0.25, 0.3) is 11.1 Å². The van der Waals surface area contributed by atoms with Crippen LogP contribution in [0.25, 0.3) is 22.3 Å². The standard InChI is InChI=1S/C20H25N10O12P/c21-19-25-13-7(15(35)27-19)23-3-29(13)17-11(33)9(31)5(41-17)1-39-43(37,38)40-2-6-10(32)12(34)18(42-6)30-4-24-8-14(30)26-20(22)28-16(8)36/h3-6,9-12,17-18,31-34H,1-2H2,(H,37,38)(H3,21,25,27,35)(H3,22,26,28,36)/t5-,6-,9-,10-,11-,12-,17-,18-/m1/s1. The van der Waals surface area contributed by atoms with Gasteiger partial charge in [-0.05, 0) is 0 Å². The third-order valence-corrected chi connectivity index (χ3v) is 7.88. The number of aliphatic hydroxyl groups is 4. The Bertz CT molecular complexity index is 1710. The van der Waals surface area contributed by atoms with E-state index in [9.17, 15) is 39.5 Å². The summed E-state index contributed by atoms with van der Waals surface area (Å²) in [5, 5.41) is 42.0. The van der Waals surface area contributed by atoms with Crippen LogP contribution in [0, 0.1) is 0 Å². The van der Waals surface area contributed by atoms with Crippen molar-refractivity contribution in [3.63, 3.8) is 0 Å². The number of phosphoric acid groups is 1. The van der Waals surface area contributed by atoms with Gasteiger partial charge in [0.2, 0.25) is 11.9 Å². The molecule has 0 saturated carbocycles.